The second-order valence-electron chi connectivity index (χ2n) is 6.00. The fourth-order valence-corrected chi connectivity index (χ4v) is 4.14. The molecule has 2 aromatic carbocycles. The predicted octanol–water partition coefficient (Wildman–Crippen LogP) is 3.65. The topological polar surface area (TPSA) is 64.0 Å². The lowest BCUT2D eigenvalue weighted by atomic mass is 10.1. The Kier molecular flexibility index (Phi) is 5.26. The molecule has 0 bridgehead atoms. The van der Waals surface area contributed by atoms with E-state index >= 15 is 0 Å². The van der Waals surface area contributed by atoms with Gasteiger partial charge in [-0.25, -0.2) is 17.8 Å². The van der Waals surface area contributed by atoms with Crippen LogP contribution < -0.4 is 4.72 Å². The van der Waals surface area contributed by atoms with Crippen molar-refractivity contribution in [3.8, 4) is 0 Å². The first-order valence-corrected chi connectivity index (χ1v) is 9.49. The van der Waals surface area contributed by atoms with Crippen molar-refractivity contribution in [2.45, 2.75) is 17.1 Å². The van der Waals surface area contributed by atoms with Gasteiger partial charge in [-0.05, 0) is 29.8 Å². The maximum atomic E-state index is 13.3. The van der Waals surface area contributed by atoms with Crippen molar-refractivity contribution in [1.82, 2.24) is 14.3 Å². The number of alkyl halides is 3. The molecule has 148 valence electrons. The van der Waals surface area contributed by atoms with E-state index in [4.69, 9.17) is 0 Å². The van der Waals surface area contributed by atoms with Gasteiger partial charge >= 0.3 is 6.18 Å². The number of sulfonamides is 1. The van der Waals surface area contributed by atoms with E-state index in [1.54, 1.807) is 13.2 Å². The monoisotopic (exact) mass is 413 g/mol. The van der Waals surface area contributed by atoms with Gasteiger partial charge in [-0.15, -0.1) is 0 Å². The van der Waals surface area contributed by atoms with Gasteiger partial charge in [-0.1, -0.05) is 24.3 Å². The molecule has 1 heterocycles. The third-order valence-corrected chi connectivity index (χ3v) is 5.56. The van der Waals surface area contributed by atoms with E-state index in [2.05, 4.69) is 9.71 Å². The van der Waals surface area contributed by atoms with Gasteiger partial charge in [0.15, 0.2) is 0 Å². The van der Waals surface area contributed by atoms with Crippen LogP contribution in [0.25, 0.3) is 0 Å². The summed E-state index contributed by atoms with van der Waals surface area (Å²) >= 11 is 0. The molecule has 3 rings (SSSR count). The van der Waals surface area contributed by atoms with E-state index in [-0.39, 0.29) is 5.82 Å². The van der Waals surface area contributed by atoms with Crippen LogP contribution >= 0.6 is 0 Å². The van der Waals surface area contributed by atoms with E-state index in [1.807, 2.05) is 0 Å². The van der Waals surface area contributed by atoms with Crippen LogP contribution in [0, 0.1) is 5.82 Å². The summed E-state index contributed by atoms with van der Waals surface area (Å²) in [5, 5.41) is 0. The average Bonchev–Trinajstić information content (AvgIpc) is 3.06. The molecule has 1 aromatic heterocycles. The Morgan fingerprint density at radius 2 is 1.71 bits per heavy atom. The largest absolute Gasteiger partial charge is 0.417 e. The summed E-state index contributed by atoms with van der Waals surface area (Å²) in [6.07, 6.45) is -1.87. The van der Waals surface area contributed by atoms with Gasteiger partial charge in [0.2, 0.25) is 10.0 Å². The third kappa shape index (κ3) is 4.07. The quantitative estimate of drug-likeness (QED) is 0.650. The number of rotatable bonds is 5. The second kappa shape index (κ2) is 7.36. The standard InChI is InChI=1S/C18H15F4N3O2S/c1-25-11-10-23-17(25)16(12-6-8-13(19)9-7-12)24-28(26,27)15-5-3-2-4-14(15)18(20,21)22/h2-11,16,24H,1H3. The molecule has 0 saturated carbocycles. The van der Waals surface area contributed by atoms with Crippen molar-refractivity contribution in [3.05, 3.63) is 83.7 Å². The molecule has 5 nitrogen and oxygen atoms in total. The highest BCUT2D eigenvalue weighted by atomic mass is 32.2. The Hall–Kier alpha value is -2.72. The van der Waals surface area contributed by atoms with Gasteiger partial charge in [-0.3, -0.25) is 0 Å². The van der Waals surface area contributed by atoms with E-state index in [0.29, 0.717) is 11.6 Å². The molecule has 1 atom stereocenters. The van der Waals surface area contributed by atoms with E-state index in [0.717, 1.165) is 24.3 Å². The summed E-state index contributed by atoms with van der Waals surface area (Å²) < 4.78 is 82.5. The summed E-state index contributed by atoms with van der Waals surface area (Å²) in [6, 6.07) is 7.71. The van der Waals surface area contributed by atoms with Crippen LogP contribution in [0.15, 0.2) is 65.8 Å². The summed E-state index contributed by atoms with van der Waals surface area (Å²) in [5.74, 6) is -0.299. The number of nitrogens with zero attached hydrogens (tertiary/aromatic N) is 2. The van der Waals surface area contributed by atoms with Crippen molar-refractivity contribution in [2.75, 3.05) is 0 Å². The van der Waals surface area contributed by atoms with Crippen LogP contribution in [-0.2, 0) is 23.2 Å². The highest BCUT2D eigenvalue weighted by Crippen LogP contribution is 2.34. The van der Waals surface area contributed by atoms with Crippen LogP contribution in [0.5, 0.6) is 0 Å². The number of halogens is 4. The first-order chi connectivity index (χ1) is 13.1. The molecule has 0 aliphatic heterocycles. The Morgan fingerprint density at radius 1 is 1.07 bits per heavy atom. The molecule has 0 amide bonds. The summed E-state index contributed by atoms with van der Waals surface area (Å²) in [4.78, 5) is 3.18. The fraction of sp³-hybridized carbons (Fsp3) is 0.167. The lowest BCUT2D eigenvalue weighted by molar-refractivity contribution is -0.139. The molecule has 0 aliphatic rings. The van der Waals surface area contributed by atoms with Crippen LogP contribution in [0.2, 0.25) is 0 Å². The fourth-order valence-electron chi connectivity index (χ4n) is 2.73. The molecule has 0 fully saturated rings. The summed E-state index contributed by atoms with van der Waals surface area (Å²) in [6.45, 7) is 0. The molecule has 1 N–H and O–H groups in total. The molecule has 0 saturated heterocycles. The minimum atomic E-state index is -4.85. The zero-order valence-electron chi connectivity index (χ0n) is 14.5. The van der Waals surface area contributed by atoms with Gasteiger partial charge < -0.3 is 4.57 Å². The highest BCUT2D eigenvalue weighted by Gasteiger charge is 2.38. The summed E-state index contributed by atoms with van der Waals surface area (Å²) in [7, 11) is -2.98. The SMILES string of the molecule is Cn1ccnc1C(NS(=O)(=O)c1ccccc1C(F)(F)F)c1ccc(F)cc1. The smallest absolute Gasteiger partial charge is 0.336 e. The van der Waals surface area contributed by atoms with E-state index in [9.17, 15) is 26.0 Å². The number of imidazole rings is 1. The average molecular weight is 413 g/mol. The van der Waals surface area contributed by atoms with Gasteiger partial charge in [0.25, 0.3) is 0 Å². The number of aryl methyl sites for hydroxylation is 1. The van der Waals surface area contributed by atoms with Crippen molar-refractivity contribution in [3.63, 3.8) is 0 Å². The minimum Gasteiger partial charge on any atom is -0.336 e. The Labute approximate surface area is 158 Å². The van der Waals surface area contributed by atoms with Crippen molar-refractivity contribution < 1.29 is 26.0 Å². The highest BCUT2D eigenvalue weighted by molar-refractivity contribution is 7.89. The van der Waals surface area contributed by atoms with Crippen molar-refractivity contribution in [2.24, 2.45) is 7.05 Å². The molecule has 0 radical (unpaired) electrons. The second-order valence-corrected chi connectivity index (χ2v) is 7.68. The van der Waals surface area contributed by atoms with Gasteiger partial charge in [0.05, 0.1) is 10.5 Å². The van der Waals surface area contributed by atoms with Gasteiger partial charge in [-0.2, -0.15) is 17.9 Å². The lowest BCUT2D eigenvalue weighted by Gasteiger charge is -2.21. The van der Waals surface area contributed by atoms with Crippen LogP contribution in [-0.4, -0.2) is 18.0 Å². The molecule has 0 aliphatic carbocycles. The number of benzene rings is 2. The normalized spacial score (nSPS) is 13.5. The Morgan fingerprint density at radius 3 is 2.29 bits per heavy atom. The molecule has 1 unspecified atom stereocenters. The van der Waals surface area contributed by atoms with Crippen LogP contribution in [0.4, 0.5) is 17.6 Å². The minimum absolute atomic E-state index is 0.236. The molecule has 10 heteroatoms. The van der Waals surface area contributed by atoms with Crippen molar-refractivity contribution in [1.29, 1.82) is 0 Å². The van der Waals surface area contributed by atoms with E-state index < -0.39 is 38.5 Å². The van der Waals surface area contributed by atoms with Gasteiger partial charge in [0.1, 0.15) is 17.7 Å². The summed E-state index contributed by atoms with van der Waals surface area (Å²) in [5.41, 5.74) is -0.955. The van der Waals surface area contributed by atoms with Crippen LogP contribution in [0.1, 0.15) is 23.0 Å². The Balaban J connectivity index is 2.09. The van der Waals surface area contributed by atoms with Crippen LogP contribution in [0.3, 0.4) is 0 Å². The number of aromatic nitrogens is 2. The third-order valence-electron chi connectivity index (χ3n) is 4.07. The molecule has 28 heavy (non-hydrogen) atoms. The Bertz CT molecular complexity index is 1080. The maximum absolute atomic E-state index is 13.3. The molecule has 3 aromatic rings. The molecular formula is C18H15F4N3O2S. The van der Waals surface area contributed by atoms with E-state index in [1.165, 1.54) is 29.0 Å². The lowest BCUT2D eigenvalue weighted by Crippen LogP contribution is -2.32. The first-order valence-electron chi connectivity index (χ1n) is 8.01. The molecule has 0 spiro atoms. The number of hydrogen-bond donors (Lipinski definition) is 1. The molecular weight excluding hydrogens is 398 g/mol. The number of hydrogen-bond acceptors (Lipinski definition) is 3. The zero-order chi connectivity index (χ0) is 20.5. The maximum Gasteiger partial charge on any atom is 0.417 e. The van der Waals surface area contributed by atoms with Gasteiger partial charge in [0, 0.05) is 19.4 Å². The predicted molar refractivity (Wildman–Crippen MR) is 93.2 cm³/mol. The zero-order valence-corrected chi connectivity index (χ0v) is 15.3. The van der Waals surface area contributed by atoms with Crippen molar-refractivity contribution >= 4 is 10.0 Å². The number of nitrogens with one attached hydrogen (secondary N) is 1. The first kappa shape index (κ1) is 20.0.